The van der Waals surface area contributed by atoms with Crippen molar-refractivity contribution in [3.8, 4) is 0 Å². The lowest BCUT2D eigenvalue weighted by Gasteiger charge is -2.34. The van der Waals surface area contributed by atoms with Crippen LogP contribution in [0.25, 0.3) is 21.8 Å². The molecule has 0 atom stereocenters. The molecule has 190 valence electrons. The Hall–Kier alpha value is -3.71. The first-order valence-electron chi connectivity index (χ1n) is 13.1. The summed E-state index contributed by atoms with van der Waals surface area (Å²) >= 11 is 0. The van der Waals surface area contributed by atoms with Gasteiger partial charge < -0.3 is 4.90 Å². The summed E-state index contributed by atoms with van der Waals surface area (Å²) in [6, 6.07) is 19.4. The van der Waals surface area contributed by atoms with E-state index in [2.05, 4.69) is 25.7 Å². The van der Waals surface area contributed by atoms with Gasteiger partial charge >= 0.3 is 5.69 Å². The summed E-state index contributed by atoms with van der Waals surface area (Å²) in [4.78, 5) is 43.7. The Bertz CT molecular complexity index is 1550. The van der Waals surface area contributed by atoms with Gasteiger partial charge in [0, 0.05) is 54.3 Å². The minimum Gasteiger partial charge on any atom is -0.301 e. The van der Waals surface area contributed by atoms with Crippen LogP contribution in [-0.4, -0.2) is 56.9 Å². The van der Waals surface area contributed by atoms with E-state index < -0.39 is 0 Å². The summed E-state index contributed by atoms with van der Waals surface area (Å²) in [6.07, 6.45) is 1.70. The molecule has 1 aromatic heterocycles. The summed E-state index contributed by atoms with van der Waals surface area (Å²) in [6.45, 7) is 8.81. The highest BCUT2D eigenvalue weighted by atomic mass is 16.2. The molecule has 0 spiro atoms. The molecule has 7 nitrogen and oxygen atoms in total. The van der Waals surface area contributed by atoms with E-state index in [1.165, 1.54) is 4.90 Å². The van der Waals surface area contributed by atoms with Crippen LogP contribution in [0.2, 0.25) is 0 Å². The van der Waals surface area contributed by atoms with Gasteiger partial charge in [0.25, 0.3) is 11.8 Å². The molecule has 1 fully saturated rings. The number of para-hydroxylation sites is 2. The van der Waals surface area contributed by atoms with Crippen LogP contribution < -0.4 is 5.69 Å². The molecule has 0 aliphatic carbocycles. The first kappa shape index (κ1) is 23.7. The molecular weight excluding hydrogens is 464 g/mol. The molecule has 37 heavy (non-hydrogen) atoms. The molecular formula is C30H32N4O3. The minimum atomic E-state index is -0.306. The third-order valence-electron chi connectivity index (χ3n) is 7.87. The monoisotopic (exact) mass is 496 g/mol. The van der Waals surface area contributed by atoms with E-state index in [0.717, 1.165) is 47.7 Å². The van der Waals surface area contributed by atoms with Crippen molar-refractivity contribution in [3.05, 3.63) is 82.3 Å². The number of aromatic nitrogens is 2. The quantitative estimate of drug-likeness (QED) is 0.386. The average Bonchev–Trinajstić information content (AvgIpc) is 3.19. The Morgan fingerprint density at radius 3 is 1.95 bits per heavy atom. The molecule has 1 saturated heterocycles. The van der Waals surface area contributed by atoms with Gasteiger partial charge in [-0.2, -0.15) is 0 Å². The van der Waals surface area contributed by atoms with Crippen molar-refractivity contribution in [2.45, 2.75) is 45.2 Å². The van der Waals surface area contributed by atoms with Crippen molar-refractivity contribution in [1.82, 2.24) is 18.9 Å². The zero-order valence-corrected chi connectivity index (χ0v) is 21.6. The lowest BCUT2D eigenvalue weighted by atomic mass is 9.94. The van der Waals surface area contributed by atoms with Gasteiger partial charge in [0.15, 0.2) is 0 Å². The molecule has 3 aromatic carbocycles. The number of carbonyl (C=O) groups is 2. The van der Waals surface area contributed by atoms with E-state index in [9.17, 15) is 14.4 Å². The van der Waals surface area contributed by atoms with E-state index in [-0.39, 0.29) is 29.1 Å². The van der Waals surface area contributed by atoms with Crippen LogP contribution in [0.5, 0.6) is 0 Å². The number of amides is 2. The Morgan fingerprint density at radius 2 is 1.35 bits per heavy atom. The first-order chi connectivity index (χ1) is 17.8. The SMILES string of the molecule is CC(C)(C)n1c(=O)n(C2CCN(CCN3C(=O)c4cccc5cccc(c45)C3=O)CC2)c2ccccc21. The molecule has 0 saturated carbocycles. The zero-order valence-electron chi connectivity index (χ0n) is 21.6. The number of rotatable bonds is 4. The molecule has 3 heterocycles. The van der Waals surface area contributed by atoms with E-state index in [1.807, 2.05) is 69.8 Å². The van der Waals surface area contributed by atoms with Crippen molar-refractivity contribution in [2.24, 2.45) is 0 Å². The molecule has 0 radical (unpaired) electrons. The minimum absolute atomic E-state index is 0.0458. The van der Waals surface area contributed by atoms with Crippen LogP contribution in [0.15, 0.2) is 65.5 Å². The van der Waals surface area contributed by atoms with Crippen LogP contribution in [0.4, 0.5) is 0 Å². The number of nitrogens with zero attached hydrogens (tertiary/aromatic N) is 4. The molecule has 6 rings (SSSR count). The van der Waals surface area contributed by atoms with Crippen molar-refractivity contribution < 1.29 is 9.59 Å². The van der Waals surface area contributed by atoms with Crippen molar-refractivity contribution in [3.63, 3.8) is 0 Å². The predicted molar refractivity (Wildman–Crippen MR) is 145 cm³/mol. The lowest BCUT2D eigenvalue weighted by Crippen LogP contribution is -2.46. The van der Waals surface area contributed by atoms with Gasteiger partial charge in [-0.3, -0.25) is 23.6 Å². The second-order valence-electron chi connectivity index (χ2n) is 11.2. The van der Waals surface area contributed by atoms with E-state index in [1.54, 1.807) is 0 Å². The summed E-state index contributed by atoms with van der Waals surface area (Å²) in [5.41, 5.74) is 2.89. The molecule has 7 heteroatoms. The standard InChI is InChI=1S/C30H32N4O3/c1-30(2,3)34-25-13-5-4-12-24(25)33(29(34)37)21-14-16-31(17-15-21)18-19-32-27(35)22-10-6-8-20-9-7-11-23(26(20)22)28(32)36/h4-13,21H,14-19H2,1-3H3. The van der Waals surface area contributed by atoms with E-state index >= 15 is 0 Å². The Labute approximate surface area is 215 Å². The second kappa shape index (κ2) is 8.70. The normalized spacial score (nSPS) is 17.3. The lowest BCUT2D eigenvalue weighted by molar-refractivity contribution is 0.0583. The zero-order chi connectivity index (χ0) is 25.9. The number of imide groups is 1. The maximum absolute atomic E-state index is 13.5. The van der Waals surface area contributed by atoms with E-state index in [0.29, 0.717) is 24.2 Å². The first-order valence-corrected chi connectivity index (χ1v) is 13.1. The molecule has 2 aliphatic rings. The number of hydrogen-bond donors (Lipinski definition) is 0. The van der Waals surface area contributed by atoms with Crippen molar-refractivity contribution in [2.75, 3.05) is 26.2 Å². The Morgan fingerprint density at radius 1 is 0.757 bits per heavy atom. The topological polar surface area (TPSA) is 67.6 Å². The number of fused-ring (bicyclic) bond motifs is 1. The number of hydrogen-bond acceptors (Lipinski definition) is 4. The third-order valence-corrected chi connectivity index (χ3v) is 7.87. The van der Waals surface area contributed by atoms with Crippen LogP contribution in [-0.2, 0) is 5.54 Å². The van der Waals surface area contributed by atoms with Crippen LogP contribution in [0.3, 0.4) is 0 Å². The molecule has 2 aliphatic heterocycles. The number of carbonyl (C=O) groups excluding carboxylic acids is 2. The van der Waals surface area contributed by atoms with Crippen LogP contribution in [0.1, 0.15) is 60.4 Å². The summed E-state index contributed by atoms with van der Waals surface area (Å²) < 4.78 is 3.88. The van der Waals surface area contributed by atoms with Gasteiger partial charge in [-0.25, -0.2) is 4.79 Å². The Kier molecular flexibility index (Phi) is 5.57. The highest BCUT2D eigenvalue weighted by Gasteiger charge is 2.33. The largest absolute Gasteiger partial charge is 0.329 e. The fourth-order valence-electron chi connectivity index (χ4n) is 6.10. The molecule has 0 unspecified atom stereocenters. The number of imidazole rings is 1. The summed E-state index contributed by atoms with van der Waals surface area (Å²) in [5.74, 6) is -0.434. The van der Waals surface area contributed by atoms with E-state index in [4.69, 9.17) is 0 Å². The summed E-state index contributed by atoms with van der Waals surface area (Å²) in [7, 11) is 0. The smallest absolute Gasteiger partial charge is 0.301 e. The third kappa shape index (κ3) is 3.80. The fraction of sp³-hybridized carbons (Fsp3) is 0.367. The van der Waals surface area contributed by atoms with Crippen molar-refractivity contribution >= 4 is 33.6 Å². The van der Waals surface area contributed by atoms with Gasteiger partial charge in [0.1, 0.15) is 0 Å². The van der Waals surface area contributed by atoms with Crippen molar-refractivity contribution in [1.29, 1.82) is 0 Å². The van der Waals surface area contributed by atoms with Gasteiger partial charge in [0.2, 0.25) is 0 Å². The van der Waals surface area contributed by atoms with Crippen LogP contribution >= 0.6 is 0 Å². The number of piperidine rings is 1. The van der Waals surface area contributed by atoms with Crippen LogP contribution in [0, 0.1) is 0 Å². The number of benzene rings is 3. The predicted octanol–water partition coefficient (Wildman–Crippen LogP) is 4.64. The highest BCUT2D eigenvalue weighted by molar-refractivity contribution is 6.25. The summed E-state index contributed by atoms with van der Waals surface area (Å²) in [5, 5.41) is 1.68. The molecule has 2 amide bonds. The fourth-order valence-corrected chi connectivity index (χ4v) is 6.10. The Balaban J connectivity index is 1.17. The molecule has 4 aromatic rings. The maximum Gasteiger partial charge on any atom is 0.329 e. The van der Waals surface area contributed by atoms with Gasteiger partial charge in [-0.15, -0.1) is 0 Å². The number of likely N-dealkylation sites (tertiary alicyclic amines) is 1. The van der Waals surface area contributed by atoms with Gasteiger partial charge in [0.05, 0.1) is 11.0 Å². The molecule has 0 bridgehead atoms. The second-order valence-corrected chi connectivity index (χ2v) is 11.2. The molecule has 0 N–H and O–H groups in total. The van der Waals surface area contributed by atoms with Gasteiger partial charge in [-0.1, -0.05) is 36.4 Å². The van der Waals surface area contributed by atoms with Gasteiger partial charge in [-0.05, 0) is 63.3 Å². The highest BCUT2D eigenvalue weighted by Crippen LogP contribution is 2.31. The maximum atomic E-state index is 13.5. The average molecular weight is 497 g/mol.